The topological polar surface area (TPSA) is 78.8 Å². The fraction of sp³-hybridized carbons (Fsp3) is 0.269. The van der Waals surface area contributed by atoms with Crippen molar-refractivity contribution in [3.63, 3.8) is 0 Å². The molecule has 1 amide bonds. The third kappa shape index (κ3) is 4.24. The average molecular weight is 435 g/mol. The summed E-state index contributed by atoms with van der Waals surface area (Å²) in [5, 5.41) is 23.2. The monoisotopic (exact) mass is 435 g/mol. The van der Waals surface area contributed by atoms with E-state index in [9.17, 15) is 19.4 Å². The van der Waals surface area contributed by atoms with E-state index < -0.39 is 18.3 Å². The molecule has 0 aromatic heterocycles. The Morgan fingerprint density at radius 1 is 1.00 bits per heavy atom. The smallest absolute Gasteiger partial charge is 0.407 e. The predicted molar refractivity (Wildman–Crippen MR) is 120 cm³/mol. The van der Waals surface area contributed by atoms with Gasteiger partial charge in [-0.2, -0.15) is 0 Å². The lowest BCUT2D eigenvalue weighted by Gasteiger charge is -2.20. The van der Waals surface area contributed by atoms with Gasteiger partial charge in [0, 0.05) is 12.5 Å². The first kappa shape index (κ1) is 22.0. The Morgan fingerprint density at radius 3 is 2.09 bits per heavy atom. The molecule has 0 saturated carbocycles. The summed E-state index contributed by atoms with van der Waals surface area (Å²) in [6.07, 6.45) is -3.20. The average Bonchev–Trinajstić information content (AvgIpc) is 3.12. The van der Waals surface area contributed by atoms with Gasteiger partial charge in [0.2, 0.25) is 0 Å². The second kappa shape index (κ2) is 9.10. The molecule has 0 fully saturated rings. The van der Waals surface area contributed by atoms with Crippen LogP contribution in [-0.2, 0) is 4.74 Å². The van der Waals surface area contributed by atoms with Gasteiger partial charge in [0.25, 0.3) is 0 Å². The van der Waals surface area contributed by atoms with Crippen molar-refractivity contribution in [2.75, 3.05) is 13.2 Å². The van der Waals surface area contributed by atoms with Crippen LogP contribution in [0.5, 0.6) is 0 Å². The highest BCUT2D eigenvalue weighted by Crippen LogP contribution is 2.44. The molecule has 0 heterocycles. The number of hydrogen-bond acceptors (Lipinski definition) is 4. The van der Waals surface area contributed by atoms with E-state index in [1.807, 2.05) is 36.4 Å². The zero-order valence-corrected chi connectivity index (χ0v) is 18.0. The Labute approximate surface area is 186 Å². The first-order valence-electron chi connectivity index (χ1n) is 10.6. The lowest BCUT2D eigenvalue weighted by Crippen LogP contribution is -2.36. The van der Waals surface area contributed by atoms with Crippen LogP contribution in [0.2, 0.25) is 0 Å². The molecule has 4 rings (SSSR count). The number of nitrogens with one attached hydrogen (secondary N) is 1. The number of hydrogen-bond donors (Lipinski definition) is 3. The highest BCUT2D eigenvalue weighted by Gasteiger charge is 2.29. The normalized spacial score (nSPS) is 14.4. The summed E-state index contributed by atoms with van der Waals surface area (Å²) in [5.41, 5.74) is 5.66. The summed E-state index contributed by atoms with van der Waals surface area (Å²) in [7, 11) is 0. The van der Waals surface area contributed by atoms with E-state index in [-0.39, 0.29) is 24.9 Å². The van der Waals surface area contributed by atoms with E-state index in [4.69, 9.17) is 4.74 Å². The van der Waals surface area contributed by atoms with Gasteiger partial charge >= 0.3 is 6.09 Å². The highest BCUT2D eigenvalue weighted by atomic mass is 19.1. The highest BCUT2D eigenvalue weighted by molar-refractivity contribution is 5.79. The first-order chi connectivity index (χ1) is 15.4. The van der Waals surface area contributed by atoms with Crippen LogP contribution in [-0.4, -0.2) is 35.6 Å². The third-order valence-electron chi connectivity index (χ3n) is 5.96. The molecule has 3 aromatic carbocycles. The van der Waals surface area contributed by atoms with Gasteiger partial charge in [-0.25, -0.2) is 9.18 Å². The van der Waals surface area contributed by atoms with Gasteiger partial charge in [0.15, 0.2) is 0 Å². The van der Waals surface area contributed by atoms with E-state index in [1.54, 1.807) is 13.8 Å². The van der Waals surface area contributed by atoms with Crippen LogP contribution in [0.4, 0.5) is 9.18 Å². The number of amides is 1. The minimum Gasteiger partial charge on any atom is -0.449 e. The molecule has 3 N–H and O–H groups in total. The van der Waals surface area contributed by atoms with Crippen LogP contribution in [0.1, 0.15) is 39.8 Å². The molecule has 2 unspecified atom stereocenters. The number of benzene rings is 3. The van der Waals surface area contributed by atoms with Crippen LogP contribution in [0.15, 0.2) is 60.7 Å². The summed E-state index contributed by atoms with van der Waals surface area (Å²) >= 11 is 0. The van der Waals surface area contributed by atoms with Crippen molar-refractivity contribution < 1.29 is 24.1 Å². The molecule has 2 atom stereocenters. The number of alkyl carbamates (subject to hydrolysis) is 1. The number of fused-ring (bicyclic) bond motifs is 3. The van der Waals surface area contributed by atoms with Crippen molar-refractivity contribution in [3.8, 4) is 11.1 Å². The number of halogens is 1. The standard InChI is InChI=1S/C26H26FNO4/c1-15-11-17(12-16(2)24(15)27)25(30)23(29)13-28-26(31)32-14-22-20-9-5-3-7-18(20)19-8-4-6-10-21(19)22/h3-12,22-23,25,29-30H,13-14H2,1-2H3,(H,28,31). The van der Waals surface area contributed by atoms with Crippen molar-refractivity contribution in [3.05, 3.63) is 94.3 Å². The molecular formula is C26H26FNO4. The second-order valence-electron chi connectivity index (χ2n) is 8.19. The molecule has 0 aliphatic heterocycles. The summed E-state index contributed by atoms with van der Waals surface area (Å²) in [5.74, 6) is -0.402. The Bertz CT molecular complexity index is 1080. The quantitative estimate of drug-likeness (QED) is 0.537. The molecule has 0 spiro atoms. The van der Waals surface area contributed by atoms with Gasteiger partial charge in [-0.3, -0.25) is 0 Å². The van der Waals surface area contributed by atoms with Crippen LogP contribution < -0.4 is 5.32 Å². The van der Waals surface area contributed by atoms with Crippen molar-refractivity contribution in [2.24, 2.45) is 0 Å². The fourth-order valence-electron chi connectivity index (χ4n) is 4.32. The number of carbonyl (C=O) groups is 1. The number of rotatable bonds is 6. The molecule has 166 valence electrons. The molecule has 1 aliphatic rings. The summed E-state index contributed by atoms with van der Waals surface area (Å²) < 4.78 is 19.2. The van der Waals surface area contributed by atoms with Crippen molar-refractivity contribution in [1.29, 1.82) is 0 Å². The SMILES string of the molecule is Cc1cc(C(O)C(O)CNC(=O)OCC2c3ccccc3-c3ccccc32)cc(C)c1F. The largest absolute Gasteiger partial charge is 0.449 e. The lowest BCUT2D eigenvalue weighted by molar-refractivity contribution is 0.0184. The molecular weight excluding hydrogens is 409 g/mol. The van der Waals surface area contributed by atoms with E-state index in [1.165, 1.54) is 12.1 Å². The zero-order valence-electron chi connectivity index (χ0n) is 18.0. The predicted octanol–water partition coefficient (Wildman–Crippen LogP) is 4.38. The van der Waals surface area contributed by atoms with Crippen molar-refractivity contribution >= 4 is 6.09 Å². The number of ether oxygens (including phenoxy) is 1. The minimum absolute atomic E-state index is 0.0613. The molecule has 6 heteroatoms. The maximum atomic E-state index is 13.8. The van der Waals surface area contributed by atoms with Crippen LogP contribution in [0.25, 0.3) is 11.1 Å². The second-order valence-corrected chi connectivity index (χ2v) is 8.19. The van der Waals surface area contributed by atoms with Crippen LogP contribution >= 0.6 is 0 Å². The number of aliphatic hydroxyl groups excluding tert-OH is 2. The van der Waals surface area contributed by atoms with Gasteiger partial charge < -0.3 is 20.3 Å². The van der Waals surface area contributed by atoms with E-state index in [0.717, 1.165) is 22.3 Å². The van der Waals surface area contributed by atoms with E-state index in [0.29, 0.717) is 16.7 Å². The number of carbonyl (C=O) groups excluding carboxylic acids is 1. The Kier molecular flexibility index (Phi) is 6.26. The van der Waals surface area contributed by atoms with Gasteiger partial charge in [0.05, 0.1) is 0 Å². The number of aliphatic hydroxyl groups is 2. The zero-order chi connectivity index (χ0) is 22.8. The lowest BCUT2D eigenvalue weighted by atomic mass is 9.98. The molecule has 3 aromatic rings. The van der Waals surface area contributed by atoms with Crippen LogP contribution in [0.3, 0.4) is 0 Å². The molecule has 5 nitrogen and oxygen atoms in total. The van der Waals surface area contributed by atoms with Crippen molar-refractivity contribution in [1.82, 2.24) is 5.32 Å². The third-order valence-corrected chi connectivity index (χ3v) is 5.96. The summed E-state index contributed by atoms with van der Waals surface area (Å²) in [6.45, 7) is 3.15. The van der Waals surface area contributed by atoms with Crippen LogP contribution in [0, 0.1) is 19.7 Å². The first-order valence-corrected chi connectivity index (χ1v) is 10.6. The number of aryl methyl sites for hydroxylation is 2. The van der Waals surface area contributed by atoms with Gasteiger partial charge in [-0.1, -0.05) is 60.7 Å². The molecule has 1 aliphatic carbocycles. The summed E-state index contributed by atoms with van der Waals surface area (Å²) in [4.78, 5) is 12.3. The van der Waals surface area contributed by atoms with E-state index >= 15 is 0 Å². The molecule has 0 bridgehead atoms. The maximum Gasteiger partial charge on any atom is 0.407 e. The Morgan fingerprint density at radius 2 is 1.53 bits per heavy atom. The van der Waals surface area contributed by atoms with E-state index in [2.05, 4.69) is 17.4 Å². The Hall–Kier alpha value is -3.22. The van der Waals surface area contributed by atoms with Gasteiger partial charge in [-0.15, -0.1) is 0 Å². The Balaban J connectivity index is 1.35. The van der Waals surface area contributed by atoms with Gasteiger partial charge in [-0.05, 0) is 52.8 Å². The summed E-state index contributed by atoms with van der Waals surface area (Å²) in [6, 6.07) is 19.1. The van der Waals surface area contributed by atoms with Gasteiger partial charge in [0.1, 0.15) is 24.6 Å². The minimum atomic E-state index is -1.26. The fourth-order valence-corrected chi connectivity index (χ4v) is 4.32. The molecule has 0 radical (unpaired) electrons. The molecule has 0 saturated heterocycles. The maximum absolute atomic E-state index is 13.8. The van der Waals surface area contributed by atoms with Crippen molar-refractivity contribution in [2.45, 2.75) is 32.0 Å². The molecule has 32 heavy (non-hydrogen) atoms.